The molecule has 1 heterocycles. The van der Waals surface area contributed by atoms with Crippen LogP contribution in [0.15, 0.2) is 66.4 Å². The molecule has 1 atom stereocenters. The first-order chi connectivity index (χ1) is 10.3. The molecule has 1 unspecified atom stereocenters. The second kappa shape index (κ2) is 4.77. The van der Waals surface area contributed by atoms with Crippen LogP contribution < -0.4 is 4.90 Å². The zero-order valence-electron chi connectivity index (χ0n) is 12.5. The molecular weight excluding hydrogens is 254 g/mol. The van der Waals surface area contributed by atoms with Gasteiger partial charge < -0.3 is 4.90 Å². The number of anilines is 1. The van der Waals surface area contributed by atoms with Crippen LogP contribution >= 0.6 is 0 Å². The molecule has 1 nitrogen and oxygen atoms in total. The Labute approximate surface area is 126 Å². The number of para-hydroxylation sites is 1. The highest BCUT2D eigenvalue weighted by Crippen LogP contribution is 2.53. The summed E-state index contributed by atoms with van der Waals surface area (Å²) in [4.78, 5) is 2.41. The summed E-state index contributed by atoms with van der Waals surface area (Å²) in [5.41, 5.74) is 6.04. The minimum atomic E-state index is 0.185. The lowest BCUT2D eigenvalue weighted by atomic mass is 9.69. The number of hydrogen-bond acceptors (Lipinski definition) is 1. The van der Waals surface area contributed by atoms with Crippen molar-refractivity contribution in [2.24, 2.45) is 0 Å². The van der Waals surface area contributed by atoms with Gasteiger partial charge in [0, 0.05) is 23.8 Å². The van der Waals surface area contributed by atoms with Gasteiger partial charge >= 0.3 is 0 Å². The lowest BCUT2D eigenvalue weighted by Crippen LogP contribution is -2.34. The van der Waals surface area contributed by atoms with Crippen molar-refractivity contribution in [2.45, 2.75) is 31.1 Å². The smallest absolute Gasteiger partial charge is 0.0448 e. The average molecular weight is 275 g/mol. The lowest BCUT2D eigenvalue weighted by molar-refractivity contribution is 0.433. The molecule has 0 N–H and O–H groups in total. The third kappa shape index (κ3) is 1.84. The average Bonchev–Trinajstić information content (AvgIpc) is 2.79. The van der Waals surface area contributed by atoms with E-state index in [4.69, 9.17) is 0 Å². The molecule has 0 spiro atoms. The number of fused-ring (bicyclic) bond motifs is 3. The van der Waals surface area contributed by atoms with Gasteiger partial charge in [-0.25, -0.2) is 0 Å². The van der Waals surface area contributed by atoms with Crippen LogP contribution in [-0.2, 0) is 11.8 Å². The largest absolute Gasteiger partial charge is 0.347 e. The highest BCUT2D eigenvalue weighted by atomic mass is 15.2. The van der Waals surface area contributed by atoms with Gasteiger partial charge in [-0.05, 0) is 42.9 Å². The first-order valence-electron chi connectivity index (χ1n) is 7.89. The molecule has 2 aromatic rings. The van der Waals surface area contributed by atoms with E-state index in [1.54, 1.807) is 0 Å². The van der Waals surface area contributed by atoms with Crippen molar-refractivity contribution in [3.05, 3.63) is 77.5 Å². The number of benzene rings is 2. The number of rotatable bonds is 2. The summed E-state index contributed by atoms with van der Waals surface area (Å²) in [6.45, 7) is 0. The molecular formula is C20H21N. The SMILES string of the molecule is CN1C2=CCCCC2(Cc2ccccc2)c2ccccc21. The summed E-state index contributed by atoms with van der Waals surface area (Å²) >= 11 is 0. The van der Waals surface area contributed by atoms with Crippen LogP contribution in [0.5, 0.6) is 0 Å². The summed E-state index contributed by atoms with van der Waals surface area (Å²) in [7, 11) is 2.22. The fourth-order valence-electron chi connectivity index (χ4n) is 4.22. The fourth-order valence-corrected chi connectivity index (χ4v) is 4.22. The van der Waals surface area contributed by atoms with Gasteiger partial charge in [0.15, 0.2) is 0 Å². The van der Waals surface area contributed by atoms with Gasteiger partial charge in [0.05, 0.1) is 0 Å². The number of likely N-dealkylation sites (N-methyl/N-ethyl adjacent to an activating group) is 1. The van der Waals surface area contributed by atoms with E-state index >= 15 is 0 Å². The van der Waals surface area contributed by atoms with Crippen LogP contribution in [0.1, 0.15) is 30.4 Å². The van der Waals surface area contributed by atoms with Gasteiger partial charge in [-0.1, -0.05) is 54.6 Å². The Morgan fingerprint density at radius 1 is 1.00 bits per heavy atom. The van der Waals surface area contributed by atoms with Crippen LogP contribution in [0.3, 0.4) is 0 Å². The van der Waals surface area contributed by atoms with E-state index in [0.29, 0.717) is 0 Å². The minimum Gasteiger partial charge on any atom is -0.347 e. The van der Waals surface area contributed by atoms with Crippen LogP contribution in [0, 0.1) is 0 Å². The summed E-state index contributed by atoms with van der Waals surface area (Å²) in [6, 6.07) is 19.9. The highest BCUT2D eigenvalue weighted by Gasteiger charge is 2.46. The van der Waals surface area contributed by atoms with Gasteiger partial charge in [-0.15, -0.1) is 0 Å². The molecule has 0 amide bonds. The molecule has 0 bridgehead atoms. The van der Waals surface area contributed by atoms with Gasteiger partial charge in [0.1, 0.15) is 0 Å². The molecule has 2 aliphatic rings. The van der Waals surface area contributed by atoms with Crippen LogP contribution in [0.25, 0.3) is 0 Å². The molecule has 1 aliphatic heterocycles. The van der Waals surface area contributed by atoms with E-state index in [0.717, 1.165) is 6.42 Å². The molecule has 1 aliphatic carbocycles. The van der Waals surface area contributed by atoms with E-state index in [9.17, 15) is 0 Å². The van der Waals surface area contributed by atoms with Crippen molar-refractivity contribution in [3.8, 4) is 0 Å². The van der Waals surface area contributed by atoms with Crippen molar-refractivity contribution in [2.75, 3.05) is 11.9 Å². The first-order valence-corrected chi connectivity index (χ1v) is 7.89. The van der Waals surface area contributed by atoms with E-state index in [1.807, 2.05) is 0 Å². The van der Waals surface area contributed by atoms with Gasteiger partial charge in [0.2, 0.25) is 0 Å². The zero-order valence-corrected chi connectivity index (χ0v) is 12.5. The van der Waals surface area contributed by atoms with Crippen molar-refractivity contribution >= 4 is 5.69 Å². The molecule has 4 rings (SSSR count). The third-order valence-electron chi connectivity index (χ3n) is 5.13. The van der Waals surface area contributed by atoms with Crippen molar-refractivity contribution < 1.29 is 0 Å². The van der Waals surface area contributed by atoms with E-state index in [-0.39, 0.29) is 5.41 Å². The second-order valence-corrected chi connectivity index (χ2v) is 6.30. The molecule has 0 aromatic heterocycles. The standard InChI is InChI=1S/C20H21N/c1-21-18-12-6-5-11-17(18)20(14-8-7-13-19(20)21)15-16-9-3-2-4-10-16/h2-6,9-13H,7-8,14-15H2,1H3. The Hall–Kier alpha value is -2.02. The summed E-state index contributed by atoms with van der Waals surface area (Å²) in [6.07, 6.45) is 7.34. The van der Waals surface area contributed by atoms with Crippen LogP contribution in [-0.4, -0.2) is 7.05 Å². The zero-order chi connectivity index (χ0) is 14.3. The monoisotopic (exact) mass is 275 g/mol. The Morgan fingerprint density at radius 2 is 1.76 bits per heavy atom. The van der Waals surface area contributed by atoms with Crippen LogP contribution in [0.2, 0.25) is 0 Å². The summed E-state index contributed by atoms with van der Waals surface area (Å²) in [5, 5.41) is 0. The molecule has 0 radical (unpaired) electrons. The molecule has 0 saturated heterocycles. The quantitative estimate of drug-likeness (QED) is 0.769. The first kappa shape index (κ1) is 12.7. The summed E-state index contributed by atoms with van der Waals surface area (Å²) in [5.74, 6) is 0. The topological polar surface area (TPSA) is 3.24 Å². The predicted octanol–water partition coefficient (Wildman–Crippen LogP) is 4.68. The molecule has 0 saturated carbocycles. The highest BCUT2D eigenvalue weighted by molar-refractivity contribution is 5.71. The Kier molecular flexibility index (Phi) is 2.88. The van der Waals surface area contributed by atoms with Crippen molar-refractivity contribution in [1.29, 1.82) is 0 Å². The number of hydrogen-bond donors (Lipinski definition) is 0. The Morgan fingerprint density at radius 3 is 2.62 bits per heavy atom. The number of nitrogens with zero attached hydrogens (tertiary/aromatic N) is 1. The molecule has 2 aromatic carbocycles. The maximum atomic E-state index is 2.46. The molecule has 21 heavy (non-hydrogen) atoms. The lowest BCUT2D eigenvalue weighted by Gasteiger charge is -2.36. The molecule has 106 valence electrons. The van der Waals surface area contributed by atoms with Gasteiger partial charge in [0.25, 0.3) is 0 Å². The van der Waals surface area contributed by atoms with Gasteiger partial charge in [-0.3, -0.25) is 0 Å². The third-order valence-corrected chi connectivity index (χ3v) is 5.13. The van der Waals surface area contributed by atoms with Crippen molar-refractivity contribution in [1.82, 2.24) is 0 Å². The Balaban J connectivity index is 1.87. The molecule has 0 fully saturated rings. The second-order valence-electron chi connectivity index (χ2n) is 6.30. The van der Waals surface area contributed by atoms with Gasteiger partial charge in [-0.2, -0.15) is 0 Å². The fraction of sp³-hybridized carbons (Fsp3) is 0.300. The summed E-state index contributed by atoms with van der Waals surface area (Å²) < 4.78 is 0. The van der Waals surface area contributed by atoms with Crippen LogP contribution in [0.4, 0.5) is 5.69 Å². The maximum absolute atomic E-state index is 2.46. The normalized spacial score (nSPS) is 23.5. The predicted molar refractivity (Wildman–Crippen MR) is 88.6 cm³/mol. The van der Waals surface area contributed by atoms with E-state index in [1.165, 1.54) is 41.8 Å². The van der Waals surface area contributed by atoms with Crippen molar-refractivity contribution in [3.63, 3.8) is 0 Å². The Bertz CT molecular complexity index is 686. The minimum absolute atomic E-state index is 0.185. The molecule has 1 heteroatoms. The number of allylic oxidation sites excluding steroid dienone is 2. The van der Waals surface area contributed by atoms with E-state index in [2.05, 4.69) is 72.6 Å². The van der Waals surface area contributed by atoms with E-state index < -0.39 is 0 Å². The maximum Gasteiger partial charge on any atom is 0.0448 e.